The summed E-state index contributed by atoms with van der Waals surface area (Å²) in [5, 5.41) is 2.84. The maximum absolute atomic E-state index is 12.2. The molecule has 0 spiro atoms. The molecule has 6 heteroatoms. The third-order valence-electron chi connectivity index (χ3n) is 4.02. The number of amides is 2. The summed E-state index contributed by atoms with van der Waals surface area (Å²) in [5.74, 6) is -0.725. The van der Waals surface area contributed by atoms with Crippen LogP contribution in [0.3, 0.4) is 0 Å². The van der Waals surface area contributed by atoms with Gasteiger partial charge in [0.25, 0.3) is 0 Å². The Labute approximate surface area is 146 Å². The number of hydrogen-bond acceptors (Lipinski definition) is 4. The Bertz CT molecular complexity index is 799. The van der Waals surface area contributed by atoms with Crippen molar-refractivity contribution in [1.82, 2.24) is 0 Å². The summed E-state index contributed by atoms with van der Waals surface area (Å²) in [4.78, 5) is 30.0. The molecular formula is C19H20N4O2. The first-order valence-electron chi connectivity index (χ1n) is 8.18. The Hall–Kier alpha value is -3.15. The highest BCUT2D eigenvalue weighted by atomic mass is 16.2. The van der Waals surface area contributed by atoms with Gasteiger partial charge in [-0.25, -0.2) is 0 Å². The van der Waals surface area contributed by atoms with E-state index in [2.05, 4.69) is 15.2 Å². The number of carbonyl (C=O) groups is 2. The largest absolute Gasteiger partial charge is 0.366 e. The van der Waals surface area contributed by atoms with E-state index >= 15 is 0 Å². The van der Waals surface area contributed by atoms with E-state index in [4.69, 9.17) is 5.73 Å². The second kappa shape index (κ2) is 7.61. The summed E-state index contributed by atoms with van der Waals surface area (Å²) in [7, 11) is 0. The molecule has 3 rings (SSSR count). The first-order valence-corrected chi connectivity index (χ1v) is 8.18. The van der Waals surface area contributed by atoms with Gasteiger partial charge in [0.2, 0.25) is 11.8 Å². The van der Waals surface area contributed by atoms with Gasteiger partial charge in [0.1, 0.15) is 0 Å². The van der Waals surface area contributed by atoms with Crippen LogP contribution in [-0.2, 0) is 11.2 Å². The fourth-order valence-corrected chi connectivity index (χ4v) is 2.77. The van der Waals surface area contributed by atoms with E-state index in [1.807, 2.05) is 30.6 Å². The lowest BCUT2D eigenvalue weighted by Gasteiger charge is -2.22. The van der Waals surface area contributed by atoms with Crippen molar-refractivity contribution in [2.45, 2.75) is 12.8 Å². The minimum absolute atomic E-state index is 0.0969. The van der Waals surface area contributed by atoms with Gasteiger partial charge in [-0.2, -0.15) is 0 Å². The van der Waals surface area contributed by atoms with Gasteiger partial charge in [-0.3, -0.25) is 14.6 Å². The van der Waals surface area contributed by atoms with Crippen molar-refractivity contribution in [3.8, 4) is 0 Å². The van der Waals surface area contributed by atoms with Crippen LogP contribution >= 0.6 is 0 Å². The number of rotatable bonds is 5. The summed E-state index contributed by atoms with van der Waals surface area (Å²) in [6, 6.07) is 14.5. The third-order valence-corrected chi connectivity index (χ3v) is 4.02. The van der Waals surface area contributed by atoms with E-state index < -0.39 is 5.91 Å². The molecule has 2 aromatic rings. The number of nitrogens with one attached hydrogen (secondary N) is 1. The van der Waals surface area contributed by atoms with Crippen molar-refractivity contribution in [1.29, 1.82) is 0 Å². The molecule has 2 aromatic carbocycles. The van der Waals surface area contributed by atoms with E-state index in [1.54, 1.807) is 24.3 Å². The van der Waals surface area contributed by atoms with Crippen LogP contribution in [0.1, 0.15) is 22.3 Å². The lowest BCUT2D eigenvalue weighted by Crippen LogP contribution is -2.26. The normalized spacial score (nSPS) is 13.5. The number of anilines is 2. The molecule has 1 aliphatic rings. The second-order valence-electron chi connectivity index (χ2n) is 5.86. The van der Waals surface area contributed by atoms with Crippen LogP contribution in [0.2, 0.25) is 0 Å². The van der Waals surface area contributed by atoms with Crippen LogP contribution < -0.4 is 16.0 Å². The smallest absolute Gasteiger partial charge is 0.248 e. The average Bonchev–Trinajstić information content (AvgIpc) is 2.63. The molecule has 2 amide bonds. The van der Waals surface area contributed by atoms with Gasteiger partial charge in [0.05, 0.1) is 12.8 Å². The molecule has 0 saturated carbocycles. The van der Waals surface area contributed by atoms with Gasteiger partial charge in [-0.05, 0) is 42.3 Å². The molecule has 0 unspecified atom stereocenters. The van der Waals surface area contributed by atoms with Crippen LogP contribution in [0.5, 0.6) is 0 Å². The highest BCUT2D eigenvalue weighted by molar-refractivity contribution is 5.98. The number of nitrogens with zero attached hydrogens (tertiary/aromatic N) is 2. The summed E-state index contributed by atoms with van der Waals surface area (Å²) in [6.07, 6.45) is 2.98. The fourth-order valence-electron chi connectivity index (χ4n) is 2.77. The summed E-state index contributed by atoms with van der Waals surface area (Å²) < 4.78 is 0. The van der Waals surface area contributed by atoms with Crippen molar-refractivity contribution < 1.29 is 9.59 Å². The van der Waals surface area contributed by atoms with Gasteiger partial charge in [0, 0.05) is 30.0 Å². The number of aliphatic imine (C=N–C) groups is 1. The van der Waals surface area contributed by atoms with Crippen molar-refractivity contribution >= 4 is 29.5 Å². The number of benzene rings is 2. The molecule has 0 atom stereocenters. The van der Waals surface area contributed by atoms with Gasteiger partial charge in [-0.15, -0.1) is 0 Å². The van der Waals surface area contributed by atoms with Gasteiger partial charge in [0.15, 0.2) is 0 Å². The number of nitrogens with two attached hydrogens (primary N) is 1. The Morgan fingerprint density at radius 2 is 1.88 bits per heavy atom. The monoisotopic (exact) mass is 336 g/mol. The first kappa shape index (κ1) is 16.7. The van der Waals surface area contributed by atoms with E-state index in [0.29, 0.717) is 16.8 Å². The van der Waals surface area contributed by atoms with Crippen LogP contribution in [-0.4, -0.2) is 31.2 Å². The quantitative estimate of drug-likeness (QED) is 0.877. The number of hydrogen-bond donors (Lipinski definition) is 2. The molecule has 1 aliphatic heterocycles. The maximum Gasteiger partial charge on any atom is 0.248 e. The molecule has 0 aliphatic carbocycles. The maximum atomic E-state index is 12.2. The van der Waals surface area contributed by atoms with Crippen molar-refractivity contribution in [2.75, 3.05) is 23.3 Å². The van der Waals surface area contributed by atoms with Crippen LogP contribution in [0.15, 0.2) is 53.5 Å². The van der Waals surface area contributed by atoms with Crippen molar-refractivity contribution in [2.24, 2.45) is 10.7 Å². The average molecular weight is 336 g/mol. The van der Waals surface area contributed by atoms with E-state index in [0.717, 1.165) is 25.2 Å². The first-order chi connectivity index (χ1) is 12.1. The highest BCUT2D eigenvalue weighted by Crippen LogP contribution is 2.19. The molecule has 0 fully saturated rings. The molecule has 3 N–H and O–H groups in total. The summed E-state index contributed by atoms with van der Waals surface area (Å²) >= 11 is 0. The fraction of sp³-hybridized carbons (Fsp3) is 0.211. The lowest BCUT2D eigenvalue weighted by atomic mass is 10.0. The minimum Gasteiger partial charge on any atom is -0.366 e. The van der Waals surface area contributed by atoms with E-state index in [-0.39, 0.29) is 12.3 Å². The Kier molecular flexibility index (Phi) is 5.09. The zero-order chi connectivity index (χ0) is 17.6. The highest BCUT2D eigenvalue weighted by Gasteiger charge is 2.12. The summed E-state index contributed by atoms with van der Waals surface area (Å²) in [5.41, 5.74) is 8.09. The van der Waals surface area contributed by atoms with Crippen LogP contribution in [0.4, 0.5) is 11.4 Å². The van der Waals surface area contributed by atoms with Gasteiger partial charge < -0.3 is 16.0 Å². The molecule has 0 bridgehead atoms. The second-order valence-corrected chi connectivity index (χ2v) is 5.86. The third kappa shape index (κ3) is 4.23. The molecule has 0 aromatic heterocycles. The molecule has 0 radical (unpaired) electrons. The van der Waals surface area contributed by atoms with E-state index in [9.17, 15) is 9.59 Å². The zero-order valence-corrected chi connectivity index (χ0v) is 13.8. The number of primary amides is 1. The predicted molar refractivity (Wildman–Crippen MR) is 99.1 cm³/mol. The SMILES string of the molecule is NC(=O)c1ccccc1CC(=O)Nc1ccc(N2C=NCCC2)cc1. The van der Waals surface area contributed by atoms with Crippen molar-refractivity contribution in [3.05, 3.63) is 59.7 Å². The van der Waals surface area contributed by atoms with Crippen LogP contribution in [0, 0.1) is 0 Å². The molecule has 25 heavy (non-hydrogen) atoms. The zero-order valence-electron chi connectivity index (χ0n) is 13.8. The molecule has 0 saturated heterocycles. The number of carbonyl (C=O) groups excluding carboxylic acids is 2. The Morgan fingerprint density at radius 3 is 2.56 bits per heavy atom. The Morgan fingerprint density at radius 1 is 1.12 bits per heavy atom. The molecule has 128 valence electrons. The van der Waals surface area contributed by atoms with Crippen LogP contribution in [0.25, 0.3) is 0 Å². The van der Waals surface area contributed by atoms with Gasteiger partial charge >= 0.3 is 0 Å². The van der Waals surface area contributed by atoms with E-state index in [1.165, 1.54) is 0 Å². The minimum atomic E-state index is -0.532. The topological polar surface area (TPSA) is 87.8 Å². The molecule has 6 nitrogen and oxygen atoms in total. The predicted octanol–water partition coefficient (Wildman–Crippen LogP) is 2.21. The van der Waals surface area contributed by atoms with Crippen molar-refractivity contribution in [3.63, 3.8) is 0 Å². The molecule has 1 heterocycles. The Balaban J connectivity index is 1.64. The van der Waals surface area contributed by atoms with Gasteiger partial charge in [-0.1, -0.05) is 18.2 Å². The standard InChI is InChI=1S/C19H20N4O2/c20-19(25)17-5-2-1-4-14(17)12-18(24)22-15-6-8-16(9-7-15)23-11-3-10-21-13-23/h1-2,4-9,13H,3,10-12H2,(H2,20,25)(H,22,24). The molecular weight excluding hydrogens is 316 g/mol. The lowest BCUT2D eigenvalue weighted by molar-refractivity contribution is -0.115. The summed E-state index contributed by atoms with van der Waals surface area (Å²) in [6.45, 7) is 1.82.